The maximum atomic E-state index is 13.7. The van der Waals surface area contributed by atoms with Gasteiger partial charge in [0, 0.05) is 0 Å². The number of hydrogen-bond donors (Lipinski definition) is 1. The van der Waals surface area contributed by atoms with Crippen molar-refractivity contribution >= 4 is 27.3 Å². The zero-order valence-corrected chi connectivity index (χ0v) is 21.1. The highest BCUT2D eigenvalue weighted by Gasteiger charge is 2.38. The molecule has 35 heavy (non-hydrogen) atoms. The van der Waals surface area contributed by atoms with Gasteiger partial charge < -0.3 is 14.8 Å². The second-order valence-corrected chi connectivity index (χ2v) is 11.2. The van der Waals surface area contributed by atoms with Crippen molar-refractivity contribution in [2.24, 2.45) is 0 Å². The molecular weight excluding hydrogens is 464 g/mol. The summed E-state index contributed by atoms with van der Waals surface area (Å²) in [5.41, 5.74) is 1.67. The third-order valence-electron chi connectivity index (χ3n) is 5.76. The van der Waals surface area contributed by atoms with Crippen molar-refractivity contribution in [2.45, 2.75) is 44.1 Å². The third-order valence-corrected chi connectivity index (χ3v) is 7.56. The summed E-state index contributed by atoms with van der Waals surface area (Å²) in [6.07, 6.45) is -1.06. The molecule has 7 nitrogen and oxygen atoms in total. The van der Waals surface area contributed by atoms with Crippen molar-refractivity contribution < 1.29 is 22.7 Å². The van der Waals surface area contributed by atoms with Crippen LogP contribution in [0.2, 0.25) is 0 Å². The lowest BCUT2D eigenvalue weighted by atomic mass is 9.86. The minimum atomic E-state index is -3.95. The number of carbonyl (C=O) groups excluding carboxylic acids is 1. The lowest BCUT2D eigenvalue weighted by Crippen LogP contribution is -2.49. The van der Waals surface area contributed by atoms with Crippen molar-refractivity contribution in [3.05, 3.63) is 78.4 Å². The summed E-state index contributed by atoms with van der Waals surface area (Å²) in [4.78, 5) is 13.4. The Morgan fingerprint density at radius 1 is 1.06 bits per heavy atom. The van der Waals surface area contributed by atoms with Gasteiger partial charge in [0.1, 0.15) is 11.5 Å². The van der Waals surface area contributed by atoms with Crippen LogP contribution in [0.4, 0.5) is 11.4 Å². The van der Waals surface area contributed by atoms with E-state index in [9.17, 15) is 13.2 Å². The van der Waals surface area contributed by atoms with Crippen LogP contribution in [0.1, 0.15) is 33.3 Å². The second kappa shape index (κ2) is 9.62. The maximum Gasteiger partial charge on any atom is 0.267 e. The predicted molar refractivity (Wildman–Crippen MR) is 137 cm³/mol. The molecule has 1 N–H and O–H groups in total. The summed E-state index contributed by atoms with van der Waals surface area (Å²) in [6, 6.07) is 20.8. The number of nitrogens with one attached hydrogen (secondary N) is 1. The first-order chi connectivity index (χ1) is 16.6. The van der Waals surface area contributed by atoms with Gasteiger partial charge in [-0.2, -0.15) is 0 Å². The van der Waals surface area contributed by atoms with E-state index < -0.39 is 22.0 Å². The molecule has 0 unspecified atom stereocenters. The summed E-state index contributed by atoms with van der Waals surface area (Å²) >= 11 is 0. The van der Waals surface area contributed by atoms with Gasteiger partial charge in [-0.15, -0.1) is 0 Å². The predicted octanol–water partition coefficient (Wildman–Crippen LogP) is 4.98. The van der Waals surface area contributed by atoms with E-state index in [1.807, 2.05) is 25.1 Å². The van der Waals surface area contributed by atoms with Gasteiger partial charge >= 0.3 is 0 Å². The minimum absolute atomic E-state index is 0.148. The molecule has 1 heterocycles. The second-order valence-electron chi connectivity index (χ2n) is 9.31. The van der Waals surface area contributed by atoms with E-state index in [4.69, 9.17) is 9.47 Å². The molecule has 0 spiro atoms. The lowest BCUT2D eigenvalue weighted by Gasteiger charge is -2.36. The van der Waals surface area contributed by atoms with Crippen LogP contribution in [0.3, 0.4) is 0 Å². The molecule has 0 aliphatic carbocycles. The van der Waals surface area contributed by atoms with Crippen molar-refractivity contribution in [3.63, 3.8) is 0 Å². The number of rotatable bonds is 6. The molecule has 8 heteroatoms. The number of para-hydroxylation sites is 2. The average molecular weight is 495 g/mol. The molecule has 0 aromatic heterocycles. The van der Waals surface area contributed by atoms with Crippen LogP contribution in [0, 0.1) is 0 Å². The molecule has 0 saturated carbocycles. The topological polar surface area (TPSA) is 84.9 Å². The highest BCUT2D eigenvalue weighted by molar-refractivity contribution is 7.92. The van der Waals surface area contributed by atoms with Gasteiger partial charge in [0.25, 0.3) is 15.9 Å². The van der Waals surface area contributed by atoms with E-state index in [0.717, 1.165) is 5.56 Å². The number of nitrogens with zero attached hydrogens (tertiary/aromatic N) is 1. The Morgan fingerprint density at radius 3 is 2.43 bits per heavy atom. The van der Waals surface area contributed by atoms with E-state index in [2.05, 4.69) is 26.1 Å². The summed E-state index contributed by atoms with van der Waals surface area (Å²) < 4.78 is 40.3. The Balaban J connectivity index is 1.73. The first-order valence-corrected chi connectivity index (χ1v) is 13.0. The fourth-order valence-electron chi connectivity index (χ4n) is 3.87. The quantitative estimate of drug-likeness (QED) is 0.523. The minimum Gasteiger partial charge on any atom is -0.492 e. The summed E-state index contributed by atoms with van der Waals surface area (Å²) in [5.74, 6) is 0.404. The summed E-state index contributed by atoms with van der Waals surface area (Å²) in [5, 5.41) is 2.83. The van der Waals surface area contributed by atoms with E-state index in [-0.39, 0.29) is 16.9 Å². The number of anilines is 2. The number of benzene rings is 3. The Morgan fingerprint density at radius 2 is 1.74 bits per heavy atom. The molecule has 0 fully saturated rings. The van der Waals surface area contributed by atoms with Gasteiger partial charge in [-0.1, -0.05) is 57.2 Å². The van der Waals surface area contributed by atoms with Gasteiger partial charge in [-0.25, -0.2) is 8.42 Å². The number of hydrogen-bond acceptors (Lipinski definition) is 5. The molecule has 0 radical (unpaired) electrons. The zero-order chi connectivity index (χ0) is 25.2. The van der Waals surface area contributed by atoms with Gasteiger partial charge in [0.05, 0.1) is 29.4 Å². The number of carbonyl (C=O) groups is 1. The molecule has 1 aliphatic rings. The fraction of sp³-hybridized carbons (Fsp3) is 0.296. The largest absolute Gasteiger partial charge is 0.492 e. The molecule has 1 atom stereocenters. The van der Waals surface area contributed by atoms with Crippen molar-refractivity contribution in [2.75, 3.05) is 22.8 Å². The SMILES string of the molecule is CCOc1ccccc1NC(=O)[C@H]1CN(S(=O)(=O)c2ccccc2)c2cc(C(C)(C)C)ccc2O1. The molecular formula is C27H30N2O5S. The Kier molecular flexibility index (Phi) is 6.76. The first-order valence-electron chi connectivity index (χ1n) is 11.5. The highest BCUT2D eigenvalue weighted by atomic mass is 32.2. The molecule has 1 aliphatic heterocycles. The van der Waals surface area contributed by atoms with Crippen LogP contribution in [0.5, 0.6) is 11.5 Å². The number of fused-ring (bicyclic) bond motifs is 1. The smallest absolute Gasteiger partial charge is 0.267 e. The van der Waals surface area contributed by atoms with Crippen LogP contribution in [0.15, 0.2) is 77.7 Å². The first kappa shape index (κ1) is 24.6. The van der Waals surface area contributed by atoms with Crippen LogP contribution < -0.4 is 19.1 Å². The summed E-state index contributed by atoms with van der Waals surface area (Å²) in [6.45, 7) is 8.30. The van der Waals surface area contributed by atoms with Gasteiger partial charge in [0.15, 0.2) is 6.10 Å². The van der Waals surface area contributed by atoms with Crippen LogP contribution >= 0.6 is 0 Å². The van der Waals surface area contributed by atoms with E-state index >= 15 is 0 Å². The number of sulfonamides is 1. The third kappa shape index (κ3) is 5.12. The standard InChI is InChI=1S/C27H30N2O5S/c1-5-33-23-14-10-9-13-21(23)28-26(30)25-18-29(35(31,32)20-11-7-6-8-12-20)22-17-19(27(2,3)4)15-16-24(22)34-25/h6-17,25H,5,18H2,1-4H3,(H,28,30)/t25-/m1/s1. The molecule has 0 saturated heterocycles. The Bertz CT molecular complexity index is 1320. The van der Waals surface area contributed by atoms with E-state index in [0.29, 0.717) is 29.5 Å². The molecule has 3 aromatic carbocycles. The van der Waals surface area contributed by atoms with Crippen molar-refractivity contribution in [3.8, 4) is 11.5 Å². The van der Waals surface area contributed by atoms with Crippen molar-refractivity contribution in [1.82, 2.24) is 0 Å². The van der Waals surface area contributed by atoms with Gasteiger partial charge in [-0.3, -0.25) is 9.10 Å². The normalized spacial score (nSPS) is 15.7. The van der Waals surface area contributed by atoms with E-state index in [1.165, 1.54) is 4.31 Å². The number of ether oxygens (including phenoxy) is 2. The van der Waals surface area contributed by atoms with Gasteiger partial charge in [0.2, 0.25) is 0 Å². The fourth-order valence-corrected chi connectivity index (χ4v) is 5.35. The van der Waals surface area contributed by atoms with Crippen LogP contribution in [-0.4, -0.2) is 33.6 Å². The lowest BCUT2D eigenvalue weighted by molar-refractivity contribution is -0.122. The average Bonchev–Trinajstić information content (AvgIpc) is 2.84. The summed E-state index contributed by atoms with van der Waals surface area (Å²) in [7, 11) is -3.95. The molecule has 0 bridgehead atoms. The monoisotopic (exact) mass is 494 g/mol. The Hall–Kier alpha value is -3.52. The maximum absolute atomic E-state index is 13.7. The molecule has 184 valence electrons. The zero-order valence-electron chi connectivity index (χ0n) is 20.3. The number of amides is 1. The highest BCUT2D eigenvalue weighted by Crippen LogP contribution is 2.40. The van der Waals surface area contributed by atoms with Crippen LogP contribution in [0.25, 0.3) is 0 Å². The van der Waals surface area contributed by atoms with Crippen molar-refractivity contribution in [1.29, 1.82) is 0 Å². The molecule has 3 aromatic rings. The molecule has 4 rings (SSSR count). The van der Waals surface area contributed by atoms with Gasteiger partial charge in [-0.05, 0) is 54.3 Å². The molecule has 1 amide bonds. The van der Waals surface area contributed by atoms with E-state index in [1.54, 1.807) is 54.6 Å². The van der Waals surface area contributed by atoms with Crippen LogP contribution in [-0.2, 0) is 20.2 Å². The Labute approximate surface area is 206 Å².